The van der Waals surface area contributed by atoms with Crippen molar-refractivity contribution in [1.82, 2.24) is 4.90 Å². The fourth-order valence-corrected chi connectivity index (χ4v) is 2.90. The van der Waals surface area contributed by atoms with Gasteiger partial charge in [-0.25, -0.2) is 4.39 Å². The molecule has 0 saturated carbocycles. The van der Waals surface area contributed by atoms with Gasteiger partial charge >= 0.3 is 0 Å². The topological polar surface area (TPSA) is 40.5 Å². The summed E-state index contributed by atoms with van der Waals surface area (Å²) in [6, 6.07) is 4.61. The molecule has 21 heavy (non-hydrogen) atoms. The molecule has 0 aromatic heterocycles. The quantitative estimate of drug-likeness (QED) is 0.848. The van der Waals surface area contributed by atoms with Crippen LogP contribution in [-0.2, 0) is 4.79 Å². The van der Waals surface area contributed by atoms with Gasteiger partial charge in [0, 0.05) is 30.8 Å². The molecule has 0 aliphatic carbocycles. The van der Waals surface area contributed by atoms with Crippen LogP contribution in [0.5, 0.6) is 0 Å². The molecule has 0 spiro atoms. The van der Waals surface area contributed by atoms with Crippen LogP contribution in [0.1, 0.15) is 31.2 Å². The number of carbonyl (C=O) groups excluding carboxylic acids is 1. The van der Waals surface area contributed by atoms with Gasteiger partial charge in [-0.3, -0.25) is 4.79 Å². The van der Waals surface area contributed by atoms with Crippen molar-refractivity contribution in [1.29, 1.82) is 0 Å². The molecule has 1 aromatic rings. The summed E-state index contributed by atoms with van der Waals surface area (Å²) in [7, 11) is 0. The van der Waals surface area contributed by atoms with Crippen molar-refractivity contribution in [3.05, 3.63) is 40.7 Å². The molecule has 1 aromatic carbocycles. The van der Waals surface area contributed by atoms with Crippen molar-refractivity contribution < 1.29 is 14.3 Å². The van der Waals surface area contributed by atoms with Crippen molar-refractivity contribution in [2.24, 2.45) is 0 Å². The van der Waals surface area contributed by atoms with Crippen LogP contribution in [0.15, 0.2) is 24.3 Å². The van der Waals surface area contributed by atoms with Gasteiger partial charge in [0.15, 0.2) is 0 Å². The number of benzene rings is 1. The van der Waals surface area contributed by atoms with Crippen LogP contribution in [0.2, 0.25) is 5.02 Å². The Bertz CT molecular complexity index is 513. The standard InChI is InChI=1S/C16H19ClFNO2/c17-14-6-1-7-15(18)13(14)8-9-16(21)19-10-2-4-12(19)5-3-11-20/h1,6-9,12,20H,2-5,10-11H2. The number of aliphatic hydroxyl groups excluding tert-OH is 1. The molecule has 1 unspecified atom stereocenters. The fraction of sp³-hybridized carbons (Fsp3) is 0.438. The maximum atomic E-state index is 13.6. The van der Waals surface area contributed by atoms with Crippen LogP contribution in [0.3, 0.4) is 0 Å². The highest BCUT2D eigenvalue weighted by atomic mass is 35.5. The first-order valence-corrected chi connectivity index (χ1v) is 7.55. The molecule has 1 atom stereocenters. The third kappa shape index (κ3) is 4.05. The Morgan fingerprint density at radius 3 is 3.05 bits per heavy atom. The van der Waals surface area contributed by atoms with E-state index < -0.39 is 5.82 Å². The first-order valence-electron chi connectivity index (χ1n) is 7.17. The molecular weight excluding hydrogens is 293 g/mol. The monoisotopic (exact) mass is 311 g/mol. The molecule has 1 fully saturated rings. The summed E-state index contributed by atoms with van der Waals surface area (Å²) >= 11 is 5.93. The van der Waals surface area contributed by atoms with Crippen molar-refractivity contribution in [3.63, 3.8) is 0 Å². The van der Waals surface area contributed by atoms with Gasteiger partial charge in [0.05, 0.1) is 5.02 Å². The lowest BCUT2D eigenvalue weighted by Crippen LogP contribution is -2.34. The molecule has 1 amide bonds. The minimum Gasteiger partial charge on any atom is -0.396 e. The van der Waals surface area contributed by atoms with Crippen molar-refractivity contribution in [2.75, 3.05) is 13.2 Å². The third-order valence-corrected chi connectivity index (χ3v) is 4.08. The van der Waals surface area contributed by atoms with E-state index in [9.17, 15) is 9.18 Å². The number of hydrogen-bond donors (Lipinski definition) is 1. The highest BCUT2D eigenvalue weighted by molar-refractivity contribution is 6.32. The molecule has 1 N–H and O–H groups in total. The normalized spacial score (nSPS) is 18.6. The summed E-state index contributed by atoms with van der Waals surface area (Å²) in [6.07, 6.45) is 6.23. The summed E-state index contributed by atoms with van der Waals surface area (Å²) < 4.78 is 13.6. The highest BCUT2D eigenvalue weighted by Gasteiger charge is 2.26. The summed E-state index contributed by atoms with van der Waals surface area (Å²) in [6.45, 7) is 0.851. The second kappa shape index (κ2) is 7.57. The van der Waals surface area contributed by atoms with Gasteiger partial charge in [0.2, 0.25) is 5.91 Å². The van der Waals surface area contributed by atoms with Crippen LogP contribution in [0.25, 0.3) is 6.08 Å². The van der Waals surface area contributed by atoms with E-state index in [1.54, 1.807) is 11.0 Å². The van der Waals surface area contributed by atoms with Crippen molar-refractivity contribution >= 4 is 23.6 Å². The largest absolute Gasteiger partial charge is 0.396 e. The van der Waals surface area contributed by atoms with E-state index in [4.69, 9.17) is 16.7 Å². The molecule has 1 saturated heterocycles. The van der Waals surface area contributed by atoms with Gasteiger partial charge in [0.25, 0.3) is 0 Å². The van der Waals surface area contributed by atoms with Gasteiger partial charge in [-0.2, -0.15) is 0 Å². The van der Waals surface area contributed by atoms with Crippen molar-refractivity contribution in [3.8, 4) is 0 Å². The van der Waals surface area contributed by atoms with Crippen LogP contribution >= 0.6 is 11.6 Å². The van der Waals surface area contributed by atoms with Gasteiger partial charge in [-0.05, 0) is 43.9 Å². The lowest BCUT2D eigenvalue weighted by molar-refractivity contribution is -0.126. The van der Waals surface area contributed by atoms with Crippen molar-refractivity contribution in [2.45, 2.75) is 31.7 Å². The smallest absolute Gasteiger partial charge is 0.246 e. The second-order valence-corrected chi connectivity index (χ2v) is 5.57. The van der Waals surface area contributed by atoms with E-state index in [0.29, 0.717) is 13.0 Å². The first kappa shape index (κ1) is 16.0. The molecule has 114 valence electrons. The van der Waals surface area contributed by atoms with Crippen LogP contribution < -0.4 is 0 Å². The van der Waals surface area contributed by atoms with E-state index in [2.05, 4.69) is 0 Å². The summed E-state index contributed by atoms with van der Waals surface area (Å²) in [5.74, 6) is -0.570. The van der Waals surface area contributed by atoms with E-state index in [1.165, 1.54) is 24.3 Å². The number of likely N-dealkylation sites (tertiary alicyclic amines) is 1. The molecule has 2 rings (SSSR count). The predicted molar refractivity (Wildman–Crippen MR) is 81.5 cm³/mol. The molecular formula is C16H19ClFNO2. The molecule has 5 heteroatoms. The average Bonchev–Trinajstić information content (AvgIpc) is 2.92. The molecule has 1 aliphatic heterocycles. The highest BCUT2D eigenvalue weighted by Crippen LogP contribution is 2.23. The molecule has 1 aliphatic rings. The Morgan fingerprint density at radius 2 is 2.33 bits per heavy atom. The maximum Gasteiger partial charge on any atom is 0.246 e. The van der Waals surface area contributed by atoms with E-state index in [0.717, 1.165) is 19.3 Å². The Hall–Kier alpha value is -1.39. The van der Waals surface area contributed by atoms with Gasteiger partial charge < -0.3 is 10.0 Å². The Kier molecular flexibility index (Phi) is 5.76. The van der Waals surface area contributed by atoms with Gasteiger partial charge in [-0.15, -0.1) is 0 Å². The SMILES string of the molecule is O=C(C=Cc1c(F)cccc1Cl)N1CCCC1CCCO. The Balaban J connectivity index is 2.05. The van der Waals surface area contributed by atoms with Gasteiger partial charge in [-0.1, -0.05) is 17.7 Å². The summed E-state index contributed by atoms with van der Waals surface area (Å²) in [4.78, 5) is 14.0. The lowest BCUT2D eigenvalue weighted by Gasteiger charge is -2.23. The van der Waals surface area contributed by atoms with Gasteiger partial charge in [0.1, 0.15) is 5.82 Å². The minimum atomic E-state index is -0.440. The average molecular weight is 312 g/mol. The minimum absolute atomic E-state index is 0.130. The van der Waals surface area contributed by atoms with Crippen LogP contribution in [-0.4, -0.2) is 35.1 Å². The number of halogens is 2. The number of carbonyl (C=O) groups is 1. The molecule has 0 bridgehead atoms. The summed E-state index contributed by atoms with van der Waals surface area (Å²) in [5.41, 5.74) is 0.235. The molecule has 1 heterocycles. The Morgan fingerprint density at radius 1 is 1.52 bits per heavy atom. The number of rotatable bonds is 5. The molecule has 0 radical (unpaired) electrons. The van der Waals surface area contributed by atoms with Crippen LogP contribution in [0, 0.1) is 5.82 Å². The second-order valence-electron chi connectivity index (χ2n) is 5.16. The first-order chi connectivity index (χ1) is 10.1. The number of amides is 1. The van der Waals surface area contributed by atoms with E-state index >= 15 is 0 Å². The number of nitrogens with zero attached hydrogens (tertiary/aromatic N) is 1. The number of aliphatic hydroxyl groups is 1. The zero-order valence-corrected chi connectivity index (χ0v) is 12.5. The Labute approximate surface area is 129 Å². The summed E-state index contributed by atoms with van der Waals surface area (Å²) in [5, 5.41) is 9.18. The predicted octanol–water partition coefficient (Wildman–Crippen LogP) is 3.26. The third-order valence-electron chi connectivity index (χ3n) is 3.75. The maximum absolute atomic E-state index is 13.6. The molecule has 3 nitrogen and oxygen atoms in total. The van der Waals surface area contributed by atoms with E-state index in [-0.39, 0.29) is 29.1 Å². The zero-order chi connectivity index (χ0) is 15.2. The number of hydrogen-bond acceptors (Lipinski definition) is 2. The van der Waals surface area contributed by atoms with E-state index in [1.807, 2.05) is 0 Å². The lowest BCUT2D eigenvalue weighted by atomic mass is 10.1. The zero-order valence-electron chi connectivity index (χ0n) is 11.8. The fourth-order valence-electron chi connectivity index (χ4n) is 2.67. The van der Waals surface area contributed by atoms with Crippen LogP contribution in [0.4, 0.5) is 4.39 Å².